The van der Waals surface area contributed by atoms with Crippen LogP contribution in [0, 0.1) is 5.82 Å². The number of halogens is 3. The van der Waals surface area contributed by atoms with Crippen LogP contribution in [0.4, 0.5) is 4.39 Å². The van der Waals surface area contributed by atoms with Crippen molar-refractivity contribution in [3.05, 3.63) is 34.6 Å². The molecular weight excluding hydrogens is 212 g/mol. The molecule has 1 aromatic rings. The largest absolute Gasteiger partial charge is 0.324 e. The molecule has 1 aromatic carbocycles. The van der Waals surface area contributed by atoms with E-state index in [4.69, 9.17) is 17.3 Å². The first-order chi connectivity index (χ1) is 5.66. The Bertz CT molecular complexity index is 258. The Morgan fingerprint density at radius 1 is 1.54 bits per heavy atom. The van der Waals surface area contributed by atoms with E-state index in [1.54, 1.807) is 12.1 Å². The number of rotatable bonds is 2. The third kappa shape index (κ3) is 2.83. The summed E-state index contributed by atoms with van der Waals surface area (Å²) < 4.78 is 13.1. The summed E-state index contributed by atoms with van der Waals surface area (Å²) in [6.45, 7) is 1.90. The van der Waals surface area contributed by atoms with Crippen molar-refractivity contribution in [1.29, 1.82) is 0 Å². The Labute approximate surface area is 88.5 Å². The number of hydrogen-bond acceptors (Lipinski definition) is 1. The summed E-state index contributed by atoms with van der Waals surface area (Å²) in [5.74, 6) is -0.322. The van der Waals surface area contributed by atoms with Crippen LogP contribution in [-0.4, -0.2) is 0 Å². The topological polar surface area (TPSA) is 26.0 Å². The van der Waals surface area contributed by atoms with Gasteiger partial charge in [-0.25, -0.2) is 4.39 Å². The third-order valence-corrected chi connectivity index (χ3v) is 2.14. The molecule has 0 saturated heterocycles. The first kappa shape index (κ1) is 12.7. The second kappa shape index (κ2) is 5.43. The van der Waals surface area contributed by atoms with Crippen LogP contribution in [0.1, 0.15) is 24.9 Å². The summed E-state index contributed by atoms with van der Waals surface area (Å²) in [7, 11) is 0. The first-order valence-electron chi connectivity index (χ1n) is 3.86. The molecule has 1 nitrogen and oxygen atoms in total. The molecule has 74 valence electrons. The number of hydrogen-bond donors (Lipinski definition) is 1. The molecule has 0 aromatic heterocycles. The molecule has 0 radical (unpaired) electrons. The molecule has 0 aliphatic rings. The highest BCUT2D eigenvalue weighted by Gasteiger charge is 2.12. The molecule has 0 bridgehead atoms. The normalized spacial score (nSPS) is 12.0. The average molecular weight is 224 g/mol. The lowest BCUT2D eigenvalue weighted by Gasteiger charge is -2.11. The summed E-state index contributed by atoms with van der Waals surface area (Å²) in [5.41, 5.74) is 6.09. The first-order valence-corrected chi connectivity index (χ1v) is 4.24. The highest BCUT2D eigenvalue weighted by atomic mass is 35.5. The quantitative estimate of drug-likeness (QED) is 0.819. The van der Waals surface area contributed by atoms with E-state index < -0.39 is 0 Å². The van der Waals surface area contributed by atoms with Crippen LogP contribution in [0.3, 0.4) is 0 Å². The van der Waals surface area contributed by atoms with Crippen molar-refractivity contribution >= 4 is 24.0 Å². The van der Waals surface area contributed by atoms with Gasteiger partial charge in [0.25, 0.3) is 0 Å². The molecule has 4 heteroatoms. The highest BCUT2D eigenvalue weighted by molar-refractivity contribution is 6.31. The zero-order chi connectivity index (χ0) is 9.14. The van der Waals surface area contributed by atoms with Gasteiger partial charge in [-0.3, -0.25) is 0 Å². The molecule has 1 atom stereocenters. The van der Waals surface area contributed by atoms with Crippen LogP contribution < -0.4 is 5.73 Å². The van der Waals surface area contributed by atoms with Crippen LogP contribution in [0.15, 0.2) is 18.2 Å². The molecule has 0 amide bonds. The van der Waals surface area contributed by atoms with Gasteiger partial charge in [-0.15, -0.1) is 12.4 Å². The van der Waals surface area contributed by atoms with E-state index in [2.05, 4.69) is 0 Å². The van der Waals surface area contributed by atoms with Crippen molar-refractivity contribution in [3.63, 3.8) is 0 Å². The lowest BCUT2D eigenvalue weighted by molar-refractivity contribution is 0.575. The molecule has 0 saturated carbocycles. The Hall–Kier alpha value is -0.310. The maximum absolute atomic E-state index is 13.1. The fourth-order valence-corrected chi connectivity index (χ4v) is 1.37. The van der Waals surface area contributed by atoms with Crippen LogP contribution in [-0.2, 0) is 0 Å². The zero-order valence-electron chi connectivity index (χ0n) is 7.26. The van der Waals surface area contributed by atoms with Gasteiger partial charge < -0.3 is 5.73 Å². The minimum absolute atomic E-state index is 0. The molecule has 0 spiro atoms. The Morgan fingerprint density at radius 3 is 2.62 bits per heavy atom. The van der Waals surface area contributed by atoms with Crippen LogP contribution in [0.25, 0.3) is 0 Å². The van der Waals surface area contributed by atoms with Gasteiger partial charge in [0.15, 0.2) is 0 Å². The molecule has 0 aliphatic heterocycles. The number of nitrogens with two attached hydrogens (primary N) is 1. The fourth-order valence-electron chi connectivity index (χ4n) is 1.07. The summed E-state index contributed by atoms with van der Waals surface area (Å²) in [6, 6.07) is 4.29. The molecule has 0 fully saturated rings. The summed E-state index contributed by atoms with van der Waals surface area (Å²) in [5, 5.41) is 0.407. The van der Waals surface area contributed by atoms with E-state index in [1.807, 2.05) is 6.92 Å². The molecule has 1 rings (SSSR count). The monoisotopic (exact) mass is 223 g/mol. The second-order valence-corrected chi connectivity index (χ2v) is 3.06. The van der Waals surface area contributed by atoms with Crippen molar-refractivity contribution in [2.24, 2.45) is 5.73 Å². The lowest BCUT2D eigenvalue weighted by Crippen LogP contribution is -2.11. The smallest absolute Gasteiger partial charge is 0.129 e. The standard InChI is InChI=1S/C9H11ClFN.ClH/c1-2-8(12)9-6(10)4-3-5-7(9)11;/h3-5,8H,2,12H2,1H3;1H. The van der Waals surface area contributed by atoms with Crippen molar-refractivity contribution in [1.82, 2.24) is 0 Å². The van der Waals surface area contributed by atoms with Gasteiger partial charge in [-0.05, 0) is 18.6 Å². The van der Waals surface area contributed by atoms with E-state index in [-0.39, 0.29) is 24.3 Å². The lowest BCUT2D eigenvalue weighted by atomic mass is 10.1. The van der Waals surface area contributed by atoms with Gasteiger partial charge in [-0.2, -0.15) is 0 Å². The van der Waals surface area contributed by atoms with E-state index in [0.29, 0.717) is 17.0 Å². The fraction of sp³-hybridized carbons (Fsp3) is 0.333. The van der Waals surface area contributed by atoms with Crippen LogP contribution in [0.2, 0.25) is 5.02 Å². The molecule has 0 aliphatic carbocycles. The molecule has 0 heterocycles. The maximum Gasteiger partial charge on any atom is 0.129 e. The summed E-state index contributed by atoms with van der Waals surface area (Å²) in [4.78, 5) is 0. The van der Waals surface area contributed by atoms with Crippen molar-refractivity contribution < 1.29 is 4.39 Å². The average Bonchev–Trinajstić information content (AvgIpc) is 2.03. The maximum atomic E-state index is 13.1. The Morgan fingerprint density at radius 2 is 2.15 bits per heavy atom. The molecule has 2 N–H and O–H groups in total. The van der Waals surface area contributed by atoms with Gasteiger partial charge in [0.2, 0.25) is 0 Å². The van der Waals surface area contributed by atoms with Gasteiger partial charge in [0, 0.05) is 16.6 Å². The predicted octanol–water partition coefficient (Wildman–Crippen LogP) is 3.31. The molecule has 13 heavy (non-hydrogen) atoms. The van der Waals surface area contributed by atoms with Gasteiger partial charge >= 0.3 is 0 Å². The highest BCUT2D eigenvalue weighted by Crippen LogP contribution is 2.25. The van der Waals surface area contributed by atoms with E-state index >= 15 is 0 Å². The predicted molar refractivity (Wildman–Crippen MR) is 55.9 cm³/mol. The zero-order valence-corrected chi connectivity index (χ0v) is 8.83. The summed E-state index contributed by atoms with van der Waals surface area (Å²) in [6.07, 6.45) is 0.681. The molecular formula is C9H12Cl2FN. The SMILES string of the molecule is CCC(N)c1c(F)cccc1Cl.Cl. The van der Waals surface area contributed by atoms with Crippen LogP contribution >= 0.6 is 24.0 Å². The van der Waals surface area contributed by atoms with Crippen molar-refractivity contribution in [2.75, 3.05) is 0 Å². The summed E-state index contributed by atoms with van der Waals surface area (Å²) >= 11 is 5.78. The van der Waals surface area contributed by atoms with E-state index in [0.717, 1.165) is 0 Å². The Kier molecular flexibility index (Phi) is 5.30. The minimum Gasteiger partial charge on any atom is -0.324 e. The van der Waals surface area contributed by atoms with E-state index in [1.165, 1.54) is 6.07 Å². The van der Waals surface area contributed by atoms with Gasteiger partial charge in [-0.1, -0.05) is 24.6 Å². The van der Waals surface area contributed by atoms with Crippen molar-refractivity contribution in [3.8, 4) is 0 Å². The Balaban J connectivity index is 0.00000144. The van der Waals surface area contributed by atoms with Gasteiger partial charge in [0.05, 0.1) is 0 Å². The van der Waals surface area contributed by atoms with Gasteiger partial charge in [0.1, 0.15) is 5.82 Å². The second-order valence-electron chi connectivity index (χ2n) is 2.65. The minimum atomic E-state index is -0.322. The van der Waals surface area contributed by atoms with E-state index in [9.17, 15) is 4.39 Å². The number of benzene rings is 1. The third-order valence-electron chi connectivity index (χ3n) is 1.81. The van der Waals surface area contributed by atoms with Crippen LogP contribution in [0.5, 0.6) is 0 Å². The van der Waals surface area contributed by atoms with Crippen molar-refractivity contribution in [2.45, 2.75) is 19.4 Å². The molecule has 1 unspecified atom stereocenters.